The molecular weight excluding hydrogens is 307 g/mol. The summed E-state index contributed by atoms with van der Waals surface area (Å²) in [6.07, 6.45) is 1.66. The maximum Gasteiger partial charge on any atom is 0.311 e. The van der Waals surface area contributed by atoms with Gasteiger partial charge in [-0.25, -0.2) is 0 Å². The highest BCUT2D eigenvalue weighted by atomic mass is 127. The minimum absolute atomic E-state index is 0.122. The number of unbranched alkanes of at least 4 members (excludes halogenated alkanes) is 1. The number of rotatable bonds is 5. The van der Waals surface area contributed by atoms with E-state index in [0.717, 1.165) is 3.57 Å². The van der Waals surface area contributed by atoms with Gasteiger partial charge in [0.1, 0.15) is 5.75 Å². The first-order valence-corrected chi connectivity index (χ1v) is 5.87. The molecule has 0 unspecified atom stereocenters. The molecule has 0 saturated carbocycles. The van der Waals surface area contributed by atoms with Crippen molar-refractivity contribution in [2.45, 2.75) is 19.3 Å². The third-order valence-electron chi connectivity index (χ3n) is 1.83. The van der Waals surface area contributed by atoms with Crippen LogP contribution in [0.3, 0.4) is 0 Å². The molecule has 0 fully saturated rings. The van der Waals surface area contributed by atoms with Gasteiger partial charge in [-0.05, 0) is 59.7 Å². The molecule has 0 aliphatic carbocycles. The number of halogens is 1. The van der Waals surface area contributed by atoms with Gasteiger partial charge >= 0.3 is 5.97 Å². The van der Waals surface area contributed by atoms with Crippen molar-refractivity contribution >= 4 is 28.6 Å². The van der Waals surface area contributed by atoms with Crippen LogP contribution in [-0.4, -0.2) is 17.7 Å². The van der Waals surface area contributed by atoms with E-state index in [1.807, 2.05) is 12.1 Å². The second kappa shape index (κ2) is 6.79. The lowest BCUT2D eigenvalue weighted by atomic mass is 10.2. The van der Waals surface area contributed by atoms with Crippen LogP contribution < -0.4 is 4.74 Å². The Morgan fingerprint density at radius 2 is 1.93 bits per heavy atom. The number of hydrogen-bond acceptors (Lipinski definition) is 3. The molecule has 0 aromatic heterocycles. The number of benzene rings is 1. The third kappa shape index (κ3) is 5.13. The lowest BCUT2D eigenvalue weighted by Crippen LogP contribution is -2.07. The first-order chi connectivity index (χ1) is 7.22. The summed E-state index contributed by atoms with van der Waals surface area (Å²) in [5.74, 6) is 0.328. The molecule has 15 heavy (non-hydrogen) atoms. The molecule has 1 aromatic carbocycles. The maximum absolute atomic E-state index is 11.3. The molecule has 3 nitrogen and oxygen atoms in total. The third-order valence-corrected chi connectivity index (χ3v) is 2.55. The van der Waals surface area contributed by atoms with E-state index < -0.39 is 0 Å². The molecule has 0 atom stereocenters. The second-order valence-corrected chi connectivity index (χ2v) is 4.35. The van der Waals surface area contributed by atoms with Crippen molar-refractivity contribution in [3.8, 4) is 5.75 Å². The van der Waals surface area contributed by atoms with E-state index in [0.29, 0.717) is 25.0 Å². The topological polar surface area (TPSA) is 46.5 Å². The van der Waals surface area contributed by atoms with Crippen molar-refractivity contribution in [1.82, 2.24) is 0 Å². The molecule has 82 valence electrons. The van der Waals surface area contributed by atoms with E-state index in [1.54, 1.807) is 12.1 Å². The Labute approximate surface area is 103 Å². The zero-order valence-electron chi connectivity index (χ0n) is 8.28. The van der Waals surface area contributed by atoms with Crippen LogP contribution in [0.15, 0.2) is 24.3 Å². The first-order valence-electron chi connectivity index (χ1n) is 4.79. The van der Waals surface area contributed by atoms with Gasteiger partial charge in [0.2, 0.25) is 0 Å². The predicted molar refractivity (Wildman–Crippen MR) is 65.7 cm³/mol. The molecule has 0 radical (unpaired) electrons. The monoisotopic (exact) mass is 320 g/mol. The van der Waals surface area contributed by atoms with Crippen LogP contribution >= 0.6 is 22.6 Å². The number of aliphatic hydroxyl groups is 1. The molecule has 0 amide bonds. The van der Waals surface area contributed by atoms with Crippen molar-refractivity contribution in [1.29, 1.82) is 0 Å². The van der Waals surface area contributed by atoms with E-state index in [1.165, 1.54) is 0 Å². The zero-order chi connectivity index (χ0) is 11.1. The van der Waals surface area contributed by atoms with Crippen molar-refractivity contribution in [2.24, 2.45) is 0 Å². The van der Waals surface area contributed by atoms with Gasteiger partial charge in [0.25, 0.3) is 0 Å². The molecule has 0 aliphatic rings. The number of carbonyl (C=O) groups excluding carboxylic acids is 1. The molecule has 0 spiro atoms. The smallest absolute Gasteiger partial charge is 0.311 e. The van der Waals surface area contributed by atoms with E-state index in [2.05, 4.69) is 22.6 Å². The average Bonchev–Trinajstić information content (AvgIpc) is 2.22. The van der Waals surface area contributed by atoms with Gasteiger partial charge in [0, 0.05) is 16.6 Å². The molecule has 1 rings (SSSR count). The minimum atomic E-state index is -0.246. The zero-order valence-corrected chi connectivity index (χ0v) is 10.4. The van der Waals surface area contributed by atoms with Crippen molar-refractivity contribution in [3.63, 3.8) is 0 Å². The van der Waals surface area contributed by atoms with Crippen LogP contribution in [0.25, 0.3) is 0 Å². The summed E-state index contributed by atoms with van der Waals surface area (Å²) in [4.78, 5) is 11.3. The van der Waals surface area contributed by atoms with Gasteiger partial charge in [0.15, 0.2) is 0 Å². The standard InChI is InChI=1S/C11H13IO3/c12-9-4-6-10(7-5-9)15-11(14)3-1-2-8-13/h4-7,13H,1-3,8H2. The van der Waals surface area contributed by atoms with Crippen molar-refractivity contribution < 1.29 is 14.6 Å². The van der Waals surface area contributed by atoms with Crippen LogP contribution in [0.2, 0.25) is 0 Å². The summed E-state index contributed by atoms with van der Waals surface area (Å²) in [6.45, 7) is 0.122. The average molecular weight is 320 g/mol. The van der Waals surface area contributed by atoms with Crippen LogP contribution in [0, 0.1) is 3.57 Å². The quantitative estimate of drug-likeness (QED) is 0.392. The highest BCUT2D eigenvalue weighted by Gasteiger charge is 2.03. The SMILES string of the molecule is O=C(CCCCO)Oc1ccc(I)cc1. The fraction of sp³-hybridized carbons (Fsp3) is 0.364. The molecule has 0 aliphatic heterocycles. The maximum atomic E-state index is 11.3. The Bertz CT molecular complexity index is 308. The van der Waals surface area contributed by atoms with Crippen molar-refractivity contribution in [3.05, 3.63) is 27.8 Å². The van der Waals surface area contributed by atoms with E-state index in [9.17, 15) is 4.79 Å². The number of carbonyl (C=O) groups is 1. The highest BCUT2D eigenvalue weighted by Crippen LogP contribution is 2.14. The van der Waals surface area contributed by atoms with Gasteiger partial charge in [-0.3, -0.25) is 4.79 Å². The van der Waals surface area contributed by atoms with E-state index in [4.69, 9.17) is 9.84 Å². The van der Waals surface area contributed by atoms with Gasteiger partial charge in [-0.15, -0.1) is 0 Å². The highest BCUT2D eigenvalue weighted by molar-refractivity contribution is 14.1. The molecule has 0 saturated heterocycles. The van der Waals surface area contributed by atoms with Gasteiger partial charge in [0.05, 0.1) is 0 Å². The summed E-state index contributed by atoms with van der Waals surface area (Å²) >= 11 is 2.19. The summed E-state index contributed by atoms with van der Waals surface area (Å²) in [5.41, 5.74) is 0. The summed E-state index contributed by atoms with van der Waals surface area (Å²) in [7, 11) is 0. The van der Waals surface area contributed by atoms with Crippen LogP contribution in [0.5, 0.6) is 5.75 Å². The van der Waals surface area contributed by atoms with E-state index >= 15 is 0 Å². The fourth-order valence-corrected chi connectivity index (χ4v) is 1.43. The first kappa shape index (κ1) is 12.4. The van der Waals surface area contributed by atoms with Crippen LogP contribution in [0.4, 0.5) is 0 Å². The Hall–Kier alpha value is -0.620. The normalized spacial score (nSPS) is 10.0. The Morgan fingerprint density at radius 3 is 2.53 bits per heavy atom. The lowest BCUT2D eigenvalue weighted by Gasteiger charge is -2.03. The second-order valence-electron chi connectivity index (χ2n) is 3.11. The molecule has 1 N–H and O–H groups in total. The largest absolute Gasteiger partial charge is 0.427 e. The molecule has 0 bridgehead atoms. The molecule has 4 heteroatoms. The summed E-state index contributed by atoms with van der Waals surface area (Å²) < 4.78 is 6.20. The molecular formula is C11H13IO3. The minimum Gasteiger partial charge on any atom is -0.427 e. The predicted octanol–water partition coefficient (Wildman–Crippen LogP) is 2.36. The number of esters is 1. The Balaban J connectivity index is 2.34. The number of aliphatic hydroxyl groups excluding tert-OH is 1. The van der Waals surface area contributed by atoms with Crippen molar-refractivity contribution in [2.75, 3.05) is 6.61 Å². The molecule has 0 heterocycles. The number of ether oxygens (including phenoxy) is 1. The van der Waals surface area contributed by atoms with Gasteiger partial charge in [-0.1, -0.05) is 0 Å². The lowest BCUT2D eigenvalue weighted by molar-refractivity contribution is -0.134. The van der Waals surface area contributed by atoms with Crippen LogP contribution in [-0.2, 0) is 4.79 Å². The number of hydrogen-bond donors (Lipinski definition) is 1. The van der Waals surface area contributed by atoms with Gasteiger partial charge < -0.3 is 9.84 Å². The van der Waals surface area contributed by atoms with Crippen LogP contribution in [0.1, 0.15) is 19.3 Å². The van der Waals surface area contributed by atoms with E-state index in [-0.39, 0.29) is 12.6 Å². The van der Waals surface area contributed by atoms with Gasteiger partial charge in [-0.2, -0.15) is 0 Å². The summed E-state index contributed by atoms with van der Waals surface area (Å²) in [5, 5.41) is 8.55. The fourth-order valence-electron chi connectivity index (χ4n) is 1.07. The Morgan fingerprint density at radius 1 is 1.27 bits per heavy atom. The Kier molecular flexibility index (Phi) is 5.63. The summed E-state index contributed by atoms with van der Waals surface area (Å²) in [6, 6.07) is 7.31. The molecule has 1 aromatic rings.